The van der Waals surface area contributed by atoms with Crippen LogP contribution in [0.3, 0.4) is 0 Å². The minimum Gasteiger partial charge on any atom is -0.483 e. The highest BCUT2D eigenvalue weighted by molar-refractivity contribution is 5.92. The Balaban J connectivity index is 2.06. The summed E-state index contributed by atoms with van der Waals surface area (Å²) in [6, 6.07) is 10.4. The Kier molecular flexibility index (Phi) is 11.1. The fraction of sp³-hybridized carbons (Fsp3) is 0.444. The van der Waals surface area contributed by atoms with Crippen molar-refractivity contribution < 1.29 is 28.7 Å². The van der Waals surface area contributed by atoms with Crippen molar-refractivity contribution in [2.45, 2.75) is 65.1 Å². The lowest BCUT2D eigenvalue weighted by Crippen LogP contribution is -2.52. The summed E-state index contributed by atoms with van der Waals surface area (Å²) in [4.78, 5) is 48.6. The molecule has 5 N–H and O–H groups in total. The molecule has 0 bridgehead atoms. The van der Waals surface area contributed by atoms with Crippen LogP contribution in [0.4, 0.5) is 4.79 Å². The highest BCUT2D eigenvalue weighted by Gasteiger charge is 2.26. The molecule has 2 atom stereocenters. The number of nitrogens with two attached hydrogens (primary N) is 1. The number of hydrogen-bond acceptors (Lipinski definition) is 7. The van der Waals surface area contributed by atoms with Crippen molar-refractivity contribution in [3.05, 3.63) is 42.5 Å². The van der Waals surface area contributed by atoms with Gasteiger partial charge in [-0.2, -0.15) is 0 Å². The Morgan fingerprint density at radius 2 is 1.74 bits per heavy atom. The van der Waals surface area contributed by atoms with Gasteiger partial charge in [-0.3, -0.25) is 9.59 Å². The summed E-state index contributed by atoms with van der Waals surface area (Å²) in [5, 5.41) is 11.0. The van der Waals surface area contributed by atoms with Crippen molar-refractivity contribution in [3.8, 4) is 5.75 Å². The molecule has 0 aromatic heterocycles. The van der Waals surface area contributed by atoms with E-state index in [0.717, 1.165) is 10.8 Å². The third-order valence-electron chi connectivity index (χ3n) is 5.07. The maximum absolute atomic E-state index is 13.1. The van der Waals surface area contributed by atoms with Crippen LogP contribution in [0, 0.1) is 5.92 Å². The van der Waals surface area contributed by atoms with Gasteiger partial charge in [0, 0.05) is 5.39 Å². The summed E-state index contributed by atoms with van der Waals surface area (Å²) >= 11 is 0. The van der Waals surface area contributed by atoms with Gasteiger partial charge in [0.2, 0.25) is 11.8 Å². The van der Waals surface area contributed by atoms with Crippen molar-refractivity contribution >= 4 is 40.8 Å². The predicted molar refractivity (Wildman–Crippen MR) is 144 cm³/mol. The Hall–Kier alpha value is -4.15. The molecule has 0 radical (unpaired) electrons. The predicted octanol–water partition coefficient (Wildman–Crippen LogP) is 2.62. The van der Waals surface area contributed by atoms with Gasteiger partial charge in [-0.25, -0.2) is 10.2 Å². The van der Waals surface area contributed by atoms with Crippen LogP contribution in [-0.4, -0.2) is 54.3 Å². The van der Waals surface area contributed by atoms with Crippen molar-refractivity contribution in [2.75, 3.05) is 6.61 Å². The highest BCUT2D eigenvalue weighted by atomic mass is 16.5. The number of fused-ring (bicyclic) bond motifs is 1. The fourth-order valence-electron chi connectivity index (χ4n) is 3.59. The smallest absolute Gasteiger partial charge is 0.332 e. The first-order valence-electron chi connectivity index (χ1n) is 12.3. The molecule has 2 aromatic rings. The number of nitrogens with one attached hydrogen (secondary N) is 3. The molecule has 0 saturated heterocycles. The number of primary amides is 1. The number of rotatable bonds is 12. The second kappa shape index (κ2) is 14.0. The number of hydrogen-bond donors (Lipinski definition) is 4. The highest BCUT2D eigenvalue weighted by Crippen LogP contribution is 2.25. The number of carbonyl (C=O) groups is 4. The minimum absolute atomic E-state index is 0.00151. The van der Waals surface area contributed by atoms with E-state index in [9.17, 15) is 19.2 Å². The topological polar surface area (TPSA) is 161 Å². The molecule has 0 saturated carbocycles. The van der Waals surface area contributed by atoms with E-state index < -0.39 is 35.5 Å². The van der Waals surface area contributed by atoms with Gasteiger partial charge in [-0.05, 0) is 44.6 Å². The molecule has 11 nitrogen and oxygen atoms in total. The van der Waals surface area contributed by atoms with Gasteiger partial charge in [0.1, 0.15) is 23.7 Å². The van der Waals surface area contributed by atoms with Gasteiger partial charge in [0.25, 0.3) is 5.91 Å². The van der Waals surface area contributed by atoms with Crippen LogP contribution in [0.15, 0.2) is 47.6 Å². The molecular formula is C27H37N5O6. The van der Waals surface area contributed by atoms with Gasteiger partial charge in [-0.1, -0.05) is 50.2 Å². The lowest BCUT2D eigenvalue weighted by Gasteiger charge is -2.25. The molecule has 0 unspecified atom stereocenters. The van der Waals surface area contributed by atoms with E-state index in [1.165, 1.54) is 0 Å². The SMILES string of the molecule is CC(C)C[C@H](NC(=O)COc1cccc2ccccc12)C(=O)N[C@H](C=O)CC(=NNC(N)=O)OC(C)(C)C. The summed E-state index contributed by atoms with van der Waals surface area (Å²) < 4.78 is 11.4. The van der Waals surface area contributed by atoms with E-state index in [1.54, 1.807) is 26.8 Å². The number of aldehydes is 1. The van der Waals surface area contributed by atoms with Crippen LogP contribution >= 0.6 is 0 Å². The zero-order chi connectivity index (χ0) is 28.3. The first-order chi connectivity index (χ1) is 17.9. The Morgan fingerprint density at radius 1 is 1.05 bits per heavy atom. The number of hydrazone groups is 1. The van der Waals surface area contributed by atoms with Crippen LogP contribution in [0.2, 0.25) is 0 Å². The molecule has 11 heteroatoms. The molecule has 2 aromatic carbocycles. The average molecular weight is 528 g/mol. The number of urea groups is 1. The quantitative estimate of drug-likeness (QED) is 0.144. The van der Waals surface area contributed by atoms with E-state index in [4.69, 9.17) is 15.2 Å². The van der Waals surface area contributed by atoms with Gasteiger partial charge >= 0.3 is 6.03 Å². The van der Waals surface area contributed by atoms with Crippen LogP contribution < -0.4 is 26.5 Å². The number of carbonyl (C=O) groups excluding carboxylic acids is 4. The zero-order valence-electron chi connectivity index (χ0n) is 22.4. The molecule has 4 amide bonds. The second-order valence-electron chi connectivity index (χ2n) is 10.2. The number of nitrogens with zero attached hydrogens (tertiary/aromatic N) is 1. The maximum Gasteiger partial charge on any atom is 0.332 e. The van der Waals surface area contributed by atoms with Crippen LogP contribution in [0.1, 0.15) is 47.5 Å². The van der Waals surface area contributed by atoms with E-state index in [2.05, 4.69) is 21.2 Å². The van der Waals surface area contributed by atoms with Crippen molar-refractivity contribution in [3.63, 3.8) is 0 Å². The van der Waals surface area contributed by atoms with Crippen LogP contribution in [-0.2, 0) is 19.1 Å². The van der Waals surface area contributed by atoms with E-state index >= 15 is 0 Å². The molecular weight excluding hydrogens is 490 g/mol. The summed E-state index contributed by atoms with van der Waals surface area (Å²) in [5.74, 6) is -0.403. The van der Waals surface area contributed by atoms with Crippen molar-refractivity contribution in [1.29, 1.82) is 0 Å². The van der Waals surface area contributed by atoms with Gasteiger partial charge < -0.3 is 30.6 Å². The largest absolute Gasteiger partial charge is 0.483 e. The second-order valence-corrected chi connectivity index (χ2v) is 10.2. The molecule has 0 aliphatic rings. The zero-order valence-corrected chi connectivity index (χ0v) is 22.4. The van der Waals surface area contributed by atoms with E-state index in [1.807, 2.05) is 50.2 Å². The summed E-state index contributed by atoms with van der Waals surface area (Å²) in [5.41, 5.74) is 6.45. The van der Waals surface area contributed by atoms with Crippen LogP contribution in [0.5, 0.6) is 5.75 Å². The monoisotopic (exact) mass is 527 g/mol. The molecule has 38 heavy (non-hydrogen) atoms. The standard InChI is InChI=1S/C27H37N5O6/c1-17(2)13-21(30-23(34)16-37-22-12-8-10-18-9-6-7-11-20(18)22)25(35)29-19(15-33)14-24(31-32-26(28)36)38-27(3,4)5/h6-12,15,17,19,21H,13-14,16H2,1-5H3,(H,29,35)(H,30,34)(H3,28,32,36)/t19-,21-/m0/s1. The van der Waals surface area contributed by atoms with E-state index in [0.29, 0.717) is 18.5 Å². The number of amides is 4. The molecule has 0 spiro atoms. The lowest BCUT2D eigenvalue weighted by molar-refractivity contribution is -0.131. The normalized spacial score (nSPS) is 13.4. The van der Waals surface area contributed by atoms with Gasteiger partial charge in [0.05, 0.1) is 12.5 Å². The third kappa shape index (κ3) is 10.5. The Morgan fingerprint density at radius 3 is 2.37 bits per heavy atom. The van der Waals surface area contributed by atoms with Crippen molar-refractivity contribution in [2.24, 2.45) is 16.8 Å². The minimum atomic E-state index is -1.03. The lowest BCUT2D eigenvalue weighted by atomic mass is 10.0. The van der Waals surface area contributed by atoms with Gasteiger partial charge in [-0.15, -0.1) is 5.10 Å². The van der Waals surface area contributed by atoms with Crippen LogP contribution in [0.25, 0.3) is 10.8 Å². The Bertz CT molecular complexity index is 1150. The molecule has 2 rings (SSSR count). The Labute approximate surface area is 222 Å². The summed E-state index contributed by atoms with van der Waals surface area (Å²) in [6.07, 6.45) is 0.723. The number of ether oxygens (including phenoxy) is 2. The van der Waals surface area contributed by atoms with Crippen molar-refractivity contribution in [1.82, 2.24) is 16.1 Å². The first kappa shape index (κ1) is 30.1. The fourth-order valence-corrected chi connectivity index (χ4v) is 3.59. The summed E-state index contributed by atoms with van der Waals surface area (Å²) in [7, 11) is 0. The first-order valence-corrected chi connectivity index (χ1v) is 12.3. The molecule has 206 valence electrons. The maximum atomic E-state index is 13.1. The molecule has 0 heterocycles. The molecule has 0 aliphatic heterocycles. The van der Waals surface area contributed by atoms with Gasteiger partial charge in [0.15, 0.2) is 6.61 Å². The van der Waals surface area contributed by atoms with E-state index in [-0.39, 0.29) is 24.8 Å². The average Bonchev–Trinajstić information content (AvgIpc) is 2.83. The number of benzene rings is 2. The molecule has 0 fully saturated rings. The summed E-state index contributed by atoms with van der Waals surface area (Å²) in [6.45, 7) is 8.81. The molecule has 0 aliphatic carbocycles. The third-order valence-corrected chi connectivity index (χ3v) is 5.07.